The summed E-state index contributed by atoms with van der Waals surface area (Å²) in [6, 6.07) is 2.38. The minimum absolute atomic E-state index is 0.221. The molecule has 1 atom stereocenters. The molecule has 0 spiro atoms. The highest BCUT2D eigenvalue weighted by Crippen LogP contribution is 2.27. The van der Waals surface area contributed by atoms with Crippen molar-refractivity contribution in [2.24, 2.45) is 0 Å². The lowest BCUT2D eigenvalue weighted by Crippen LogP contribution is -2.40. The van der Waals surface area contributed by atoms with Crippen LogP contribution in [0.3, 0.4) is 0 Å². The molecule has 1 amide bonds. The number of piperidine rings is 1. The first-order valence-electron chi connectivity index (χ1n) is 7.83. The molecule has 6 heteroatoms. The van der Waals surface area contributed by atoms with Crippen molar-refractivity contribution in [2.75, 3.05) is 13.1 Å². The van der Waals surface area contributed by atoms with E-state index in [1.165, 1.54) is 0 Å². The maximum atomic E-state index is 12.5. The Hall–Kier alpha value is -1.69. The summed E-state index contributed by atoms with van der Waals surface area (Å²) in [7, 11) is 0. The third-order valence-electron chi connectivity index (χ3n) is 4.23. The van der Waals surface area contributed by atoms with Gasteiger partial charge in [-0.1, -0.05) is 0 Å². The lowest BCUT2D eigenvalue weighted by molar-refractivity contribution is -0.131. The van der Waals surface area contributed by atoms with E-state index in [0.29, 0.717) is 18.4 Å². The Morgan fingerprint density at radius 3 is 3.09 bits per heavy atom. The van der Waals surface area contributed by atoms with Crippen LogP contribution >= 0.6 is 11.3 Å². The summed E-state index contributed by atoms with van der Waals surface area (Å²) >= 11 is 1.64. The Morgan fingerprint density at radius 2 is 2.36 bits per heavy atom. The predicted octanol–water partition coefficient (Wildman–Crippen LogP) is 2.87. The topological polar surface area (TPSA) is 51.0 Å². The molecule has 0 bridgehead atoms. The molecule has 0 radical (unpaired) electrons. The van der Waals surface area contributed by atoms with Crippen molar-refractivity contribution in [1.82, 2.24) is 19.7 Å². The van der Waals surface area contributed by atoms with E-state index < -0.39 is 0 Å². The molecule has 5 nitrogen and oxygen atoms in total. The molecular formula is C16H22N4OS. The molecule has 0 aromatic carbocycles. The van der Waals surface area contributed by atoms with Gasteiger partial charge in [-0.15, -0.1) is 10.2 Å². The van der Waals surface area contributed by atoms with Gasteiger partial charge in [0.2, 0.25) is 5.91 Å². The standard InChI is InChI=1S/C16H22N4OS/c1-12(2)20-11-17-18-16(20)14-4-3-6-19(9-14)15(21)8-13-5-7-22-10-13/h5,7,10-12,14H,3-4,6,8-9H2,1-2H3. The van der Waals surface area contributed by atoms with Crippen LogP contribution in [0.15, 0.2) is 23.2 Å². The molecule has 1 fully saturated rings. The van der Waals surface area contributed by atoms with Crippen LogP contribution in [0.4, 0.5) is 0 Å². The summed E-state index contributed by atoms with van der Waals surface area (Å²) in [6.07, 6.45) is 4.41. The average molecular weight is 318 g/mol. The molecule has 1 saturated heterocycles. The maximum absolute atomic E-state index is 12.5. The zero-order chi connectivity index (χ0) is 15.5. The molecular weight excluding hydrogens is 296 g/mol. The van der Waals surface area contributed by atoms with Crippen LogP contribution in [-0.2, 0) is 11.2 Å². The van der Waals surface area contributed by atoms with Gasteiger partial charge >= 0.3 is 0 Å². The Labute approximate surface area is 135 Å². The number of carbonyl (C=O) groups is 1. The van der Waals surface area contributed by atoms with Crippen LogP contribution in [0, 0.1) is 0 Å². The normalized spacial score (nSPS) is 18.9. The monoisotopic (exact) mass is 318 g/mol. The second-order valence-electron chi connectivity index (χ2n) is 6.18. The Balaban J connectivity index is 1.68. The summed E-state index contributed by atoms with van der Waals surface area (Å²) in [5.41, 5.74) is 1.11. The molecule has 0 N–H and O–H groups in total. The van der Waals surface area contributed by atoms with Gasteiger partial charge in [0.05, 0.1) is 6.42 Å². The number of carbonyl (C=O) groups excluding carboxylic acids is 1. The molecule has 0 aliphatic carbocycles. The predicted molar refractivity (Wildman–Crippen MR) is 87.0 cm³/mol. The molecule has 2 aromatic rings. The molecule has 3 heterocycles. The van der Waals surface area contributed by atoms with Gasteiger partial charge in [0.15, 0.2) is 0 Å². The van der Waals surface area contributed by atoms with E-state index >= 15 is 0 Å². The van der Waals surface area contributed by atoms with Crippen molar-refractivity contribution in [3.8, 4) is 0 Å². The fourth-order valence-electron chi connectivity index (χ4n) is 3.04. The average Bonchev–Trinajstić information content (AvgIpc) is 3.18. The highest BCUT2D eigenvalue weighted by molar-refractivity contribution is 7.07. The number of aromatic nitrogens is 3. The summed E-state index contributed by atoms with van der Waals surface area (Å²) in [4.78, 5) is 14.5. The second kappa shape index (κ2) is 6.60. The molecule has 3 rings (SSSR count). The lowest BCUT2D eigenvalue weighted by Gasteiger charge is -2.32. The van der Waals surface area contributed by atoms with E-state index in [1.807, 2.05) is 16.3 Å². The van der Waals surface area contributed by atoms with Crippen LogP contribution < -0.4 is 0 Å². The Bertz CT molecular complexity index is 620. The SMILES string of the molecule is CC(C)n1cnnc1C1CCCN(C(=O)Cc2ccsc2)C1. The number of hydrogen-bond donors (Lipinski definition) is 0. The van der Waals surface area contributed by atoms with Crippen LogP contribution in [0.1, 0.15) is 50.0 Å². The van der Waals surface area contributed by atoms with Crippen LogP contribution in [0.2, 0.25) is 0 Å². The molecule has 1 aliphatic heterocycles. The number of hydrogen-bond acceptors (Lipinski definition) is 4. The smallest absolute Gasteiger partial charge is 0.227 e. The summed E-state index contributed by atoms with van der Waals surface area (Å²) in [5, 5.41) is 12.4. The van der Waals surface area contributed by atoms with Crippen molar-refractivity contribution in [1.29, 1.82) is 0 Å². The van der Waals surface area contributed by atoms with Crippen molar-refractivity contribution >= 4 is 17.2 Å². The second-order valence-corrected chi connectivity index (χ2v) is 6.96. The number of nitrogens with zero attached hydrogens (tertiary/aromatic N) is 4. The van der Waals surface area contributed by atoms with Crippen LogP contribution in [0.25, 0.3) is 0 Å². The highest BCUT2D eigenvalue weighted by atomic mass is 32.1. The Kier molecular flexibility index (Phi) is 4.57. The number of thiophene rings is 1. The first kappa shape index (κ1) is 15.2. The quantitative estimate of drug-likeness (QED) is 0.871. The summed E-state index contributed by atoms with van der Waals surface area (Å²) in [5.74, 6) is 1.53. The fourth-order valence-corrected chi connectivity index (χ4v) is 3.70. The number of amides is 1. The van der Waals surface area contributed by atoms with Gasteiger partial charge < -0.3 is 9.47 Å². The third kappa shape index (κ3) is 3.21. The van der Waals surface area contributed by atoms with E-state index in [9.17, 15) is 4.79 Å². The van der Waals surface area contributed by atoms with Gasteiger partial charge in [-0.25, -0.2) is 0 Å². The van der Waals surface area contributed by atoms with Gasteiger partial charge in [0.1, 0.15) is 12.2 Å². The van der Waals surface area contributed by atoms with Crippen molar-refractivity contribution < 1.29 is 4.79 Å². The molecule has 2 aromatic heterocycles. The van der Waals surface area contributed by atoms with Gasteiger partial charge in [0, 0.05) is 25.0 Å². The molecule has 0 saturated carbocycles. The minimum atomic E-state index is 0.221. The van der Waals surface area contributed by atoms with E-state index in [-0.39, 0.29) is 5.91 Å². The zero-order valence-electron chi connectivity index (χ0n) is 13.1. The summed E-state index contributed by atoms with van der Waals surface area (Å²) < 4.78 is 2.12. The fraction of sp³-hybridized carbons (Fsp3) is 0.562. The Morgan fingerprint density at radius 1 is 1.50 bits per heavy atom. The largest absolute Gasteiger partial charge is 0.342 e. The van der Waals surface area contributed by atoms with Crippen molar-refractivity contribution in [3.05, 3.63) is 34.5 Å². The van der Waals surface area contributed by atoms with E-state index in [0.717, 1.165) is 37.3 Å². The molecule has 118 valence electrons. The number of likely N-dealkylation sites (tertiary alicyclic amines) is 1. The van der Waals surface area contributed by atoms with Gasteiger partial charge in [-0.3, -0.25) is 4.79 Å². The number of rotatable bonds is 4. The lowest BCUT2D eigenvalue weighted by atomic mass is 9.96. The maximum Gasteiger partial charge on any atom is 0.227 e. The third-order valence-corrected chi connectivity index (χ3v) is 4.96. The van der Waals surface area contributed by atoms with Gasteiger partial charge in [-0.05, 0) is 49.1 Å². The molecule has 22 heavy (non-hydrogen) atoms. The van der Waals surface area contributed by atoms with Crippen LogP contribution in [0.5, 0.6) is 0 Å². The summed E-state index contributed by atoms with van der Waals surface area (Å²) in [6.45, 7) is 5.88. The van der Waals surface area contributed by atoms with Crippen molar-refractivity contribution in [2.45, 2.75) is 45.1 Å². The first-order valence-corrected chi connectivity index (χ1v) is 8.77. The van der Waals surface area contributed by atoms with E-state index in [2.05, 4.69) is 34.0 Å². The van der Waals surface area contributed by atoms with Crippen molar-refractivity contribution in [3.63, 3.8) is 0 Å². The zero-order valence-corrected chi connectivity index (χ0v) is 13.9. The van der Waals surface area contributed by atoms with E-state index in [4.69, 9.17) is 0 Å². The molecule has 1 aliphatic rings. The first-order chi connectivity index (χ1) is 10.6. The van der Waals surface area contributed by atoms with E-state index in [1.54, 1.807) is 17.7 Å². The molecule has 1 unspecified atom stereocenters. The van der Waals surface area contributed by atoms with Gasteiger partial charge in [-0.2, -0.15) is 11.3 Å². The van der Waals surface area contributed by atoms with Gasteiger partial charge in [0.25, 0.3) is 0 Å². The van der Waals surface area contributed by atoms with Crippen LogP contribution in [-0.4, -0.2) is 38.7 Å². The minimum Gasteiger partial charge on any atom is -0.342 e. The highest BCUT2D eigenvalue weighted by Gasteiger charge is 2.28.